The molecule has 0 aliphatic heterocycles. The summed E-state index contributed by atoms with van der Waals surface area (Å²) < 4.78 is 0. The monoisotopic (exact) mass is 427 g/mol. The number of rotatable bonds is 4. The number of hydrazone groups is 1. The number of pyridine rings is 1. The largest absolute Gasteiger partial charge is 0.272 e. The molecule has 2 heterocycles. The molecule has 5 heteroatoms. The highest BCUT2D eigenvalue weighted by atomic mass is 32.1. The molecule has 0 bridgehead atoms. The number of nitrogens with zero attached hydrogens (tertiary/aromatic N) is 2. The van der Waals surface area contributed by atoms with Crippen molar-refractivity contribution in [2.45, 2.75) is 33.1 Å². The molecule has 0 spiro atoms. The highest BCUT2D eigenvalue weighted by Crippen LogP contribution is 2.28. The molecule has 4 nitrogen and oxygen atoms in total. The van der Waals surface area contributed by atoms with Crippen LogP contribution in [0.5, 0.6) is 0 Å². The van der Waals surface area contributed by atoms with Crippen molar-refractivity contribution < 1.29 is 4.79 Å². The Morgan fingerprint density at radius 2 is 1.77 bits per heavy atom. The Morgan fingerprint density at radius 1 is 1.03 bits per heavy atom. The molecule has 0 aliphatic rings. The third-order valence-corrected chi connectivity index (χ3v) is 6.06. The fourth-order valence-corrected chi connectivity index (χ4v) is 4.14. The van der Waals surface area contributed by atoms with Crippen molar-refractivity contribution in [3.63, 3.8) is 0 Å². The zero-order valence-electron chi connectivity index (χ0n) is 18.1. The molecule has 31 heavy (non-hydrogen) atoms. The van der Waals surface area contributed by atoms with Crippen LogP contribution >= 0.6 is 11.3 Å². The summed E-state index contributed by atoms with van der Waals surface area (Å²) in [7, 11) is 0. The highest BCUT2D eigenvalue weighted by molar-refractivity contribution is 7.13. The summed E-state index contributed by atoms with van der Waals surface area (Å²) >= 11 is 1.63. The van der Waals surface area contributed by atoms with Crippen molar-refractivity contribution >= 4 is 34.4 Å². The van der Waals surface area contributed by atoms with E-state index < -0.39 is 0 Å². The van der Waals surface area contributed by atoms with Crippen molar-refractivity contribution in [3.05, 3.63) is 87.6 Å². The predicted molar refractivity (Wildman–Crippen MR) is 130 cm³/mol. The van der Waals surface area contributed by atoms with E-state index >= 15 is 0 Å². The molecule has 0 unspecified atom stereocenters. The number of carbonyl (C=O) groups is 1. The van der Waals surface area contributed by atoms with Gasteiger partial charge in [-0.1, -0.05) is 63.2 Å². The summed E-state index contributed by atoms with van der Waals surface area (Å²) in [5.41, 5.74) is 7.09. The number of hydrogen-bond acceptors (Lipinski definition) is 4. The standard InChI is InChI=1S/C26H25N3OS/c1-17-9-14-20(31-17)16-27-29-25(30)22-15-24(28-23-8-6-5-7-21(22)23)18-10-12-19(13-11-18)26(2,3)4/h5-16H,1-4H3,(H,29,30)/b27-16-. The number of para-hydroxylation sites is 1. The van der Waals surface area contributed by atoms with Crippen molar-refractivity contribution in [1.82, 2.24) is 10.4 Å². The second-order valence-electron chi connectivity index (χ2n) is 8.55. The molecular formula is C26H25N3OS. The van der Waals surface area contributed by atoms with Gasteiger partial charge in [-0.15, -0.1) is 11.3 Å². The van der Waals surface area contributed by atoms with E-state index in [9.17, 15) is 4.79 Å². The second kappa shape index (κ2) is 8.44. The van der Waals surface area contributed by atoms with Crippen LogP contribution in [0.3, 0.4) is 0 Å². The first-order valence-corrected chi connectivity index (χ1v) is 11.0. The van der Waals surface area contributed by atoms with Gasteiger partial charge in [-0.25, -0.2) is 10.4 Å². The minimum Gasteiger partial charge on any atom is -0.267 e. The zero-order chi connectivity index (χ0) is 22.0. The quantitative estimate of drug-likeness (QED) is 0.305. The van der Waals surface area contributed by atoms with Crippen molar-refractivity contribution in [3.8, 4) is 11.3 Å². The molecule has 0 radical (unpaired) electrons. The number of aryl methyl sites for hydroxylation is 1. The van der Waals surface area contributed by atoms with Crippen LogP contribution in [0.1, 0.15) is 46.4 Å². The minimum absolute atomic E-state index is 0.0828. The summed E-state index contributed by atoms with van der Waals surface area (Å²) in [6.45, 7) is 8.61. The first-order valence-electron chi connectivity index (χ1n) is 10.2. The first-order chi connectivity index (χ1) is 14.8. The Labute approximate surface area is 186 Å². The van der Waals surface area contributed by atoms with Gasteiger partial charge in [-0.2, -0.15) is 5.10 Å². The number of carbonyl (C=O) groups excluding carboxylic acids is 1. The van der Waals surface area contributed by atoms with E-state index in [-0.39, 0.29) is 11.3 Å². The Balaban J connectivity index is 1.68. The van der Waals surface area contributed by atoms with Crippen LogP contribution in [0.25, 0.3) is 22.2 Å². The Hall–Kier alpha value is -3.31. The Morgan fingerprint density at radius 3 is 2.45 bits per heavy atom. The van der Waals surface area contributed by atoms with Gasteiger partial charge in [0, 0.05) is 20.7 Å². The molecule has 156 valence electrons. The first kappa shape index (κ1) is 20.9. The number of aromatic nitrogens is 1. The van der Waals surface area contributed by atoms with E-state index in [4.69, 9.17) is 4.98 Å². The van der Waals surface area contributed by atoms with Crippen LogP contribution in [-0.2, 0) is 5.41 Å². The number of nitrogens with one attached hydrogen (secondary N) is 1. The maximum Gasteiger partial charge on any atom is 0.272 e. The second-order valence-corrected chi connectivity index (χ2v) is 9.87. The van der Waals surface area contributed by atoms with Crippen LogP contribution < -0.4 is 5.43 Å². The van der Waals surface area contributed by atoms with Gasteiger partial charge in [0.25, 0.3) is 5.91 Å². The van der Waals surface area contributed by atoms with Gasteiger partial charge in [0.1, 0.15) is 0 Å². The average Bonchev–Trinajstić information content (AvgIpc) is 3.17. The van der Waals surface area contributed by atoms with Crippen molar-refractivity contribution in [2.75, 3.05) is 0 Å². The lowest BCUT2D eigenvalue weighted by Gasteiger charge is -2.19. The van der Waals surface area contributed by atoms with E-state index in [1.54, 1.807) is 17.6 Å². The molecule has 0 aliphatic carbocycles. The lowest BCUT2D eigenvalue weighted by atomic mass is 9.86. The molecule has 0 fully saturated rings. The fourth-order valence-electron chi connectivity index (χ4n) is 3.39. The van der Waals surface area contributed by atoms with Gasteiger partial charge < -0.3 is 0 Å². The molecule has 4 aromatic rings. The van der Waals surface area contributed by atoms with E-state index in [0.717, 1.165) is 27.0 Å². The van der Waals surface area contributed by atoms with E-state index in [1.165, 1.54) is 10.4 Å². The molecule has 1 amide bonds. The van der Waals surface area contributed by atoms with Crippen LogP contribution in [0.4, 0.5) is 0 Å². The summed E-state index contributed by atoms with van der Waals surface area (Å²) in [6.07, 6.45) is 1.67. The van der Waals surface area contributed by atoms with Gasteiger partial charge in [-0.05, 0) is 42.2 Å². The van der Waals surface area contributed by atoms with Crippen molar-refractivity contribution in [1.29, 1.82) is 0 Å². The van der Waals surface area contributed by atoms with Crippen LogP contribution in [0, 0.1) is 6.92 Å². The molecular weight excluding hydrogens is 402 g/mol. The fraction of sp³-hybridized carbons (Fsp3) is 0.192. The van der Waals surface area contributed by atoms with E-state index in [0.29, 0.717) is 5.56 Å². The maximum absolute atomic E-state index is 13.0. The van der Waals surface area contributed by atoms with E-state index in [2.05, 4.69) is 55.6 Å². The molecule has 4 rings (SSSR count). The molecule has 0 saturated heterocycles. The minimum atomic E-state index is -0.254. The molecule has 0 saturated carbocycles. The number of thiophene rings is 1. The molecule has 0 atom stereocenters. The summed E-state index contributed by atoms with van der Waals surface area (Å²) in [4.78, 5) is 20.0. The third kappa shape index (κ3) is 4.72. The van der Waals surface area contributed by atoms with Crippen LogP contribution in [0.15, 0.2) is 71.8 Å². The predicted octanol–water partition coefficient (Wildman–Crippen LogP) is 6.33. The topological polar surface area (TPSA) is 54.4 Å². The third-order valence-electron chi connectivity index (χ3n) is 5.13. The molecule has 2 aromatic heterocycles. The van der Waals surface area contributed by atoms with Gasteiger partial charge >= 0.3 is 0 Å². The lowest BCUT2D eigenvalue weighted by molar-refractivity contribution is 0.0956. The summed E-state index contributed by atoms with van der Waals surface area (Å²) in [5.74, 6) is -0.254. The number of amides is 1. The van der Waals surface area contributed by atoms with E-state index in [1.807, 2.05) is 49.4 Å². The van der Waals surface area contributed by atoms with Crippen molar-refractivity contribution in [2.24, 2.45) is 5.10 Å². The number of fused-ring (bicyclic) bond motifs is 1. The zero-order valence-corrected chi connectivity index (χ0v) is 19.0. The Bertz CT molecular complexity index is 1260. The highest BCUT2D eigenvalue weighted by Gasteiger charge is 2.16. The smallest absolute Gasteiger partial charge is 0.267 e. The number of benzene rings is 2. The lowest BCUT2D eigenvalue weighted by Crippen LogP contribution is -2.18. The van der Waals surface area contributed by atoms with Gasteiger partial charge in [0.05, 0.1) is 23.0 Å². The van der Waals surface area contributed by atoms with Gasteiger partial charge in [0.15, 0.2) is 0 Å². The average molecular weight is 428 g/mol. The number of hydrogen-bond donors (Lipinski definition) is 1. The Kier molecular flexibility index (Phi) is 5.70. The van der Waals surface area contributed by atoms with Crippen LogP contribution in [-0.4, -0.2) is 17.1 Å². The molecule has 1 N–H and O–H groups in total. The van der Waals surface area contributed by atoms with Crippen LogP contribution in [0.2, 0.25) is 0 Å². The van der Waals surface area contributed by atoms with Gasteiger partial charge in [-0.3, -0.25) is 4.79 Å². The summed E-state index contributed by atoms with van der Waals surface area (Å²) in [6, 6.07) is 21.9. The van der Waals surface area contributed by atoms with Gasteiger partial charge in [0.2, 0.25) is 0 Å². The maximum atomic E-state index is 13.0. The normalized spacial score (nSPS) is 11.9. The summed E-state index contributed by atoms with van der Waals surface area (Å²) in [5, 5.41) is 4.95. The SMILES string of the molecule is Cc1ccc(/C=N\NC(=O)c2cc(-c3ccc(C(C)(C)C)cc3)nc3ccccc23)s1. The molecule has 2 aromatic carbocycles.